The number of hydrogen-bond donors (Lipinski definition) is 4. The summed E-state index contributed by atoms with van der Waals surface area (Å²) in [5.41, 5.74) is 3.30. The SMILES string of the molecule is CCCCCCCN1CCNCC1NCCCCC(CCC)C1NOC(C2CC2)N1. The summed E-state index contributed by atoms with van der Waals surface area (Å²) >= 11 is 0. The normalized spacial score (nSPS) is 28.8. The third kappa shape index (κ3) is 8.36. The summed E-state index contributed by atoms with van der Waals surface area (Å²) in [6, 6.07) is 0. The smallest absolute Gasteiger partial charge is 0.133 e. The Morgan fingerprint density at radius 2 is 1.87 bits per heavy atom. The number of hydroxylamine groups is 1. The van der Waals surface area contributed by atoms with Gasteiger partial charge in [-0.2, -0.15) is 5.48 Å². The Morgan fingerprint density at radius 1 is 1.00 bits per heavy atom. The van der Waals surface area contributed by atoms with Crippen molar-refractivity contribution < 1.29 is 4.84 Å². The van der Waals surface area contributed by atoms with Crippen molar-refractivity contribution >= 4 is 0 Å². The van der Waals surface area contributed by atoms with Gasteiger partial charge in [0.05, 0.1) is 12.3 Å². The number of rotatable bonds is 16. The van der Waals surface area contributed by atoms with Crippen molar-refractivity contribution in [1.82, 2.24) is 26.3 Å². The van der Waals surface area contributed by atoms with Crippen LogP contribution in [0.5, 0.6) is 0 Å². The lowest BCUT2D eigenvalue weighted by atomic mass is 9.94. The highest BCUT2D eigenvalue weighted by Gasteiger charge is 2.39. The molecule has 0 radical (unpaired) electrons. The van der Waals surface area contributed by atoms with Crippen LogP contribution in [0.4, 0.5) is 0 Å². The molecule has 4 N–H and O–H groups in total. The topological polar surface area (TPSA) is 60.6 Å². The van der Waals surface area contributed by atoms with Crippen LogP contribution in [0, 0.1) is 11.8 Å². The van der Waals surface area contributed by atoms with Crippen molar-refractivity contribution in [1.29, 1.82) is 0 Å². The summed E-state index contributed by atoms with van der Waals surface area (Å²) in [7, 11) is 0. The van der Waals surface area contributed by atoms with Crippen LogP contribution < -0.4 is 21.4 Å². The molecule has 4 atom stereocenters. The lowest BCUT2D eigenvalue weighted by Crippen LogP contribution is -2.58. The summed E-state index contributed by atoms with van der Waals surface area (Å²) in [5, 5.41) is 11.1. The minimum absolute atomic E-state index is 0.253. The molecule has 4 unspecified atom stereocenters. The highest BCUT2D eigenvalue weighted by molar-refractivity contribution is 4.87. The molecule has 6 nitrogen and oxygen atoms in total. The number of piperazine rings is 1. The lowest BCUT2D eigenvalue weighted by Gasteiger charge is -2.37. The Morgan fingerprint density at radius 3 is 2.67 bits per heavy atom. The fourth-order valence-corrected chi connectivity index (χ4v) is 5.04. The maximum atomic E-state index is 5.80. The molecule has 2 aliphatic heterocycles. The fourth-order valence-electron chi connectivity index (χ4n) is 5.04. The summed E-state index contributed by atoms with van der Waals surface area (Å²) in [5.74, 6) is 1.42. The first-order valence-corrected chi connectivity index (χ1v) is 13.2. The van der Waals surface area contributed by atoms with Gasteiger partial charge in [0.2, 0.25) is 0 Å². The summed E-state index contributed by atoms with van der Waals surface area (Å²) in [6.45, 7) is 10.4. The standard InChI is InChI=1S/C24H49N5O/c1-3-5-6-7-10-17-29-18-16-25-19-22(29)26-15-9-8-12-20(11-4-2)23-27-24(30-28-23)21-13-14-21/h20-28H,3-19H2,1-2H3. The Balaban J connectivity index is 1.28. The van der Waals surface area contributed by atoms with Crippen molar-refractivity contribution in [2.24, 2.45) is 11.8 Å². The highest BCUT2D eigenvalue weighted by atomic mass is 16.7. The number of nitrogens with one attached hydrogen (secondary N) is 4. The Hall–Kier alpha value is -0.240. The van der Waals surface area contributed by atoms with Crippen molar-refractivity contribution in [2.75, 3.05) is 32.7 Å². The number of nitrogens with zero attached hydrogens (tertiary/aromatic N) is 1. The van der Waals surface area contributed by atoms with Gasteiger partial charge in [0, 0.05) is 25.6 Å². The second-order valence-electron chi connectivity index (χ2n) is 9.81. The predicted octanol–water partition coefficient (Wildman–Crippen LogP) is 3.55. The molecule has 2 saturated heterocycles. The van der Waals surface area contributed by atoms with E-state index < -0.39 is 0 Å². The number of unbranched alkanes of at least 4 members (excludes halogenated alkanes) is 5. The first kappa shape index (κ1) is 24.4. The van der Waals surface area contributed by atoms with E-state index in [0.29, 0.717) is 18.2 Å². The highest BCUT2D eigenvalue weighted by Crippen LogP contribution is 2.35. The molecule has 0 aromatic rings. The van der Waals surface area contributed by atoms with Crippen LogP contribution in [0.15, 0.2) is 0 Å². The molecule has 0 amide bonds. The van der Waals surface area contributed by atoms with Crippen LogP contribution in [0.3, 0.4) is 0 Å². The third-order valence-corrected chi connectivity index (χ3v) is 7.13. The lowest BCUT2D eigenvalue weighted by molar-refractivity contribution is 0.00633. The fraction of sp³-hybridized carbons (Fsp3) is 1.00. The molecule has 3 fully saturated rings. The van der Waals surface area contributed by atoms with E-state index in [4.69, 9.17) is 4.84 Å². The van der Waals surface area contributed by atoms with Crippen LogP contribution in [0.25, 0.3) is 0 Å². The molecule has 1 saturated carbocycles. The molecule has 0 aromatic heterocycles. The maximum Gasteiger partial charge on any atom is 0.133 e. The molecule has 6 heteroatoms. The second kappa shape index (κ2) is 14.0. The summed E-state index contributed by atoms with van der Waals surface area (Å²) < 4.78 is 0. The van der Waals surface area contributed by atoms with Crippen LogP contribution in [-0.4, -0.2) is 56.2 Å². The van der Waals surface area contributed by atoms with Gasteiger partial charge in [-0.1, -0.05) is 52.4 Å². The number of hydrogen-bond acceptors (Lipinski definition) is 6. The quantitative estimate of drug-likeness (QED) is 0.285. The molecule has 30 heavy (non-hydrogen) atoms. The minimum atomic E-state index is 0.253. The van der Waals surface area contributed by atoms with Crippen molar-refractivity contribution in [2.45, 2.75) is 109 Å². The molecule has 176 valence electrons. The van der Waals surface area contributed by atoms with Crippen molar-refractivity contribution in [3.05, 3.63) is 0 Å². The maximum absolute atomic E-state index is 5.80. The van der Waals surface area contributed by atoms with Crippen molar-refractivity contribution in [3.8, 4) is 0 Å². The largest absolute Gasteiger partial charge is 0.313 e. The predicted molar refractivity (Wildman–Crippen MR) is 125 cm³/mol. The van der Waals surface area contributed by atoms with Crippen LogP contribution in [0.1, 0.15) is 90.9 Å². The van der Waals surface area contributed by atoms with E-state index >= 15 is 0 Å². The third-order valence-electron chi connectivity index (χ3n) is 7.13. The molecule has 0 spiro atoms. The second-order valence-corrected chi connectivity index (χ2v) is 9.81. The van der Waals surface area contributed by atoms with E-state index in [1.807, 2.05) is 0 Å². The molecular formula is C24H49N5O. The van der Waals surface area contributed by atoms with Gasteiger partial charge in [-0.25, -0.2) is 0 Å². The van der Waals surface area contributed by atoms with E-state index in [1.54, 1.807) is 0 Å². The van der Waals surface area contributed by atoms with Gasteiger partial charge >= 0.3 is 0 Å². The van der Waals surface area contributed by atoms with Crippen LogP contribution in [-0.2, 0) is 4.84 Å². The summed E-state index contributed by atoms with van der Waals surface area (Å²) in [4.78, 5) is 8.47. The van der Waals surface area contributed by atoms with Crippen LogP contribution in [0.2, 0.25) is 0 Å². The zero-order valence-electron chi connectivity index (χ0n) is 19.8. The van der Waals surface area contributed by atoms with E-state index in [0.717, 1.165) is 25.6 Å². The zero-order chi connectivity index (χ0) is 21.0. The van der Waals surface area contributed by atoms with Gasteiger partial charge in [-0.15, -0.1) is 0 Å². The Labute approximate surface area is 185 Å². The minimum Gasteiger partial charge on any atom is -0.313 e. The van der Waals surface area contributed by atoms with Gasteiger partial charge in [-0.05, 0) is 57.5 Å². The van der Waals surface area contributed by atoms with E-state index in [1.165, 1.54) is 90.1 Å². The molecule has 2 heterocycles. The Kier molecular flexibility index (Phi) is 11.4. The molecule has 0 bridgehead atoms. The van der Waals surface area contributed by atoms with Crippen LogP contribution >= 0.6 is 0 Å². The van der Waals surface area contributed by atoms with E-state index in [2.05, 4.69) is 40.2 Å². The van der Waals surface area contributed by atoms with Gasteiger partial charge in [0.1, 0.15) is 6.23 Å². The zero-order valence-corrected chi connectivity index (χ0v) is 19.8. The first-order chi connectivity index (χ1) is 14.8. The average molecular weight is 424 g/mol. The monoisotopic (exact) mass is 423 g/mol. The summed E-state index contributed by atoms with van der Waals surface area (Å²) in [6.07, 6.45) is 17.0. The molecular weight excluding hydrogens is 374 g/mol. The van der Waals surface area contributed by atoms with Gasteiger partial charge in [-0.3, -0.25) is 15.1 Å². The van der Waals surface area contributed by atoms with E-state index in [-0.39, 0.29) is 6.23 Å². The molecule has 3 rings (SSSR count). The molecule has 3 aliphatic rings. The van der Waals surface area contributed by atoms with Crippen molar-refractivity contribution in [3.63, 3.8) is 0 Å². The van der Waals surface area contributed by atoms with Gasteiger partial charge in [0.15, 0.2) is 0 Å². The Bertz CT molecular complexity index is 447. The van der Waals surface area contributed by atoms with E-state index in [9.17, 15) is 0 Å². The average Bonchev–Trinajstić information content (AvgIpc) is 3.50. The van der Waals surface area contributed by atoms with Gasteiger partial charge < -0.3 is 10.6 Å². The molecule has 0 aromatic carbocycles. The van der Waals surface area contributed by atoms with Gasteiger partial charge in [0.25, 0.3) is 0 Å². The molecule has 1 aliphatic carbocycles. The first-order valence-electron chi connectivity index (χ1n) is 13.2.